The van der Waals surface area contributed by atoms with Crippen molar-refractivity contribution in [2.45, 2.75) is 43.9 Å². The van der Waals surface area contributed by atoms with Crippen molar-refractivity contribution in [3.63, 3.8) is 0 Å². The molecule has 0 saturated carbocycles. The monoisotopic (exact) mass is 791 g/mol. The van der Waals surface area contributed by atoms with Gasteiger partial charge in [0.15, 0.2) is 0 Å². The lowest BCUT2D eigenvalue weighted by atomic mass is 9.70. The molecule has 1 spiro atoms. The van der Waals surface area contributed by atoms with E-state index in [4.69, 9.17) is 0 Å². The Labute approximate surface area is 364 Å². The van der Waals surface area contributed by atoms with E-state index < -0.39 is 5.41 Å². The molecule has 62 heavy (non-hydrogen) atoms. The molecule has 0 atom stereocenters. The van der Waals surface area contributed by atoms with Gasteiger partial charge in [-0.3, -0.25) is 0 Å². The third-order valence-electron chi connectivity index (χ3n) is 15.1. The minimum absolute atomic E-state index is 0.138. The highest BCUT2D eigenvalue weighted by molar-refractivity contribution is 6.03. The summed E-state index contributed by atoms with van der Waals surface area (Å²) in [6.45, 7) is 9.53. The van der Waals surface area contributed by atoms with Crippen LogP contribution in [-0.4, -0.2) is 0 Å². The van der Waals surface area contributed by atoms with E-state index in [1.165, 1.54) is 100 Å². The molecule has 13 rings (SSSR count). The molecule has 9 aromatic carbocycles. The maximum Gasteiger partial charge on any atom is 0.0725 e. The summed E-state index contributed by atoms with van der Waals surface area (Å²) in [4.78, 5) is 2.55. The summed E-state index contributed by atoms with van der Waals surface area (Å²) in [6, 6.07) is 75.9. The van der Waals surface area contributed by atoms with Gasteiger partial charge in [0.25, 0.3) is 0 Å². The van der Waals surface area contributed by atoms with Crippen LogP contribution in [0.5, 0.6) is 0 Å². The lowest BCUT2D eigenvalue weighted by Crippen LogP contribution is -2.25. The zero-order valence-corrected chi connectivity index (χ0v) is 35.5. The lowest BCUT2D eigenvalue weighted by molar-refractivity contribution is 0.660. The summed E-state index contributed by atoms with van der Waals surface area (Å²) >= 11 is 0. The number of anilines is 3. The van der Waals surface area contributed by atoms with E-state index in [9.17, 15) is 0 Å². The molecule has 0 fully saturated rings. The van der Waals surface area contributed by atoms with Crippen LogP contribution in [-0.2, 0) is 16.2 Å². The molecule has 0 radical (unpaired) electrons. The molecule has 0 bridgehead atoms. The van der Waals surface area contributed by atoms with E-state index in [1.54, 1.807) is 0 Å². The van der Waals surface area contributed by atoms with Crippen LogP contribution in [0.3, 0.4) is 0 Å². The maximum absolute atomic E-state index is 2.55. The Morgan fingerprint density at radius 2 is 0.629 bits per heavy atom. The zero-order chi connectivity index (χ0) is 41.5. The molecule has 0 saturated heterocycles. The molecule has 0 aromatic heterocycles. The molecule has 0 unspecified atom stereocenters. The number of fused-ring (bicyclic) bond motifs is 16. The smallest absolute Gasteiger partial charge is 0.0725 e. The van der Waals surface area contributed by atoms with Gasteiger partial charge in [-0.25, -0.2) is 0 Å². The molecular weight excluding hydrogens is 747 g/mol. The minimum atomic E-state index is -0.412. The highest BCUT2D eigenvalue weighted by atomic mass is 15.1. The van der Waals surface area contributed by atoms with Gasteiger partial charge in [-0.1, -0.05) is 198 Å². The summed E-state index contributed by atoms with van der Waals surface area (Å²) < 4.78 is 0. The summed E-state index contributed by atoms with van der Waals surface area (Å²) in [5.74, 6) is 0. The van der Waals surface area contributed by atoms with Crippen molar-refractivity contribution in [3.8, 4) is 55.6 Å². The first-order valence-corrected chi connectivity index (χ1v) is 22.1. The van der Waals surface area contributed by atoms with Gasteiger partial charge in [-0.15, -0.1) is 0 Å². The fourth-order valence-electron chi connectivity index (χ4n) is 12.4. The van der Waals surface area contributed by atoms with E-state index >= 15 is 0 Å². The van der Waals surface area contributed by atoms with Crippen molar-refractivity contribution in [1.82, 2.24) is 0 Å². The average molecular weight is 792 g/mol. The second-order valence-electron chi connectivity index (χ2n) is 18.8. The number of hydrogen-bond acceptors (Lipinski definition) is 1. The number of rotatable bonds is 4. The number of benzene rings is 9. The van der Waals surface area contributed by atoms with Crippen molar-refractivity contribution in [2.75, 3.05) is 4.90 Å². The Morgan fingerprint density at radius 1 is 0.274 bits per heavy atom. The van der Waals surface area contributed by atoms with Gasteiger partial charge in [0.05, 0.1) is 11.1 Å². The van der Waals surface area contributed by atoms with Crippen molar-refractivity contribution in [1.29, 1.82) is 0 Å². The molecule has 1 nitrogen and oxygen atoms in total. The topological polar surface area (TPSA) is 3.24 Å². The first-order chi connectivity index (χ1) is 30.3. The third kappa shape index (κ3) is 4.43. The Balaban J connectivity index is 1.07. The summed E-state index contributed by atoms with van der Waals surface area (Å²) in [6.07, 6.45) is 0. The third-order valence-corrected chi connectivity index (χ3v) is 15.1. The second-order valence-corrected chi connectivity index (χ2v) is 18.8. The van der Waals surface area contributed by atoms with Crippen molar-refractivity contribution < 1.29 is 0 Å². The fraction of sp³-hybridized carbons (Fsp3) is 0.115. The molecule has 0 N–H and O–H groups in total. The van der Waals surface area contributed by atoms with Crippen LogP contribution in [0, 0.1) is 0 Å². The summed E-state index contributed by atoms with van der Waals surface area (Å²) in [7, 11) is 0. The van der Waals surface area contributed by atoms with E-state index in [0.717, 1.165) is 17.1 Å². The SMILES string of the molecule is CC1(C)c2ccccc2-c2ccc(N(c3ccc4c(c3)C(C)(C)c3ccccc3-4)c3ccccc3-c3cccc4c3-c3ccccc3C43c4ccccc4-c4ccccc43)cc21. The second kappa shape index (κ2) is 12.4. The van der Waals surface area contributed by atoms with Crippen molar-refractivity contribution in [2.24, 2.45) is 0 Å². The predicted molar refractivity (Wildman–Crippen MR) is 258 cm³/mol. The van der Waals surface area contributed by atoms with Crippen LogP contribution in [0.25, 0.3) is 55.6 Å². The molecular formula is C61H45N. The van der Waals surface area contributed by atoms with Crippen molar-refractivity contribution in [3.05, 3.63) is 245 Å². The van der Waals surface area contributed by atoms with Gasteiger partial charge in [0.1, 0.15) is 0 Å². The van der Waals surface area contributed by atoms with Crippen LogP contribution in [0.15, 0.2) is 200 Å². The van der Waals surface area contributed by atoms with Crippen molar-refractivity contribution >= 4 is 17.1 Å². The van der Waals surface area contributed by atoms with E-state index in [0.29, 0.717) is 0 Å². The predicted octanol–water partition coefficient (Wildman–Crippen LogP) is 15.8. The van der Waals surface area contributed by atoms with Gasteiger partial charge >= 0.3 is 0 Å². The van der Waals surface area contributed by atoms with Crippen LogP contribution < -0.4 is 4.90 Å². The quantitative estimate of drug-likeness (QED) is 0.172. The molecule has 1 heteroatoms. The Bertz CT molecular complexity index is 3220. The first kappa shape index (κ1) is 35.5. The average Bonchev–Trinajstić information content (AvgIpc) is 3.95. The van der Waals surface area contributed by atoms with Crippen LogP contribution in [0.4, 0.5) is 17.1 Å². The van der Waals surface area contributed by atoms with Crippen LogP contribution in [0.2, 0.25) is 0 Å². The maximum atomic E-state index is 2.55. The van der Waals surface area contributed by atoms with E-state index in [-0.39, 0.29) is 10.8 Å². The molecule has 0 aliphatic heterocycles. The Morgan fingerprint density at radius 3 is 1.15 bits per heavy atom. The number of nitrogens with zero attached hydrogens (tertiary/aromatic N) is 1. The van der Waals surface area contributed by atoms with E-state index in [1.807, 2.05) is 0 Å². The van der Waals surface area contributed by atoms with Gasteiger partial charge < -0.3 is 4.90 Å². The van der Waals surface area contributed by atoms with Gasteiger partial charge in [-0.05, 0) is 125 Å². The number of para-hydroxylation sites is 1. The highest BCUT2D eigenvalue weighted by Gasteiger charge is 2.52. The van der Waals surface area contributed by atoms with Gasteiger partial charge in [-0.2, -0.15) is 0 Å². The molecule has 4 aliphatic carbocycles. The molecule has 294 valence electrons. The molecule has 0 heterocycles. The molecule has 4 aliphatic rings. The lowest BCUT2D eigenvalue weighted by Gasteiger charge is -2.32. The largest absolute Gasteiger partial charge is 0.310 e. The summed E-state index contributed by atoms with van der Waals surface area (Å²) in [5, 5.41) is 0. The number of hydrogen-bond donors (Lipinski definition) is 0. The van der Waals surface area contributed by atoms with Gasteiger partial charge in [0, 0.05) is 27.8 Å². The standard InChI is InChI=1S/C61H45N/c1-59(2)49-25-11-5-18-40(49)44-34-32-38(36-55(44)59)62(39-33-35-45-41-19-6-12-26-50(41)60(3,4)56(45)37-39)57-31-16-10-22-46(57)47-24-17-30-54-58(47)48-23-9-15-29-53(48)61(54)51-27-13-7-20-42(51)43-21-8-14-28-52(43)61/h5-37H,1-4H3. The zero-order valence-electron chi connectivity index (χ0n) is 35.5. The Hall–Kier alpha value is -7.22. The summed E-state index contributed by atoms with van der Waals surface area (Å²) in [5.41, 5.74) is 26.8. The molecule has 9 aromatic rings. The van der Waals surface area contributed by atoms with Crippen LogP contribution in [0.1, 0.15) is 72.2 Å². The van der Waals surface area contributed by atoms with Gasteiger partial charge in [0.2, 0.25) is 0 Å². The highest BCUT2D eigenvalue weighted by Crippen LogP contribution is 2.64. The van der Waals surface area contributed by atoms with E-state index in [2.05, 4.69) is 233 Å². The normalized spacial score (nSPS) is 15.5. The van der Waals surface area contributed by atoms with Crippen LogP contribution >= 0.6 is 0 Å². The Kier molecular flexibility index (Phi) is 7.12. The molecule has 0 amide bonds. The fourth-order valence-corrected chi connectivity index (χ4v) is 12.4. The minimum Gasteiger partial charge on any atom is -0.310 e. The first-order valence-electron chi connectivity index (χ1n) is 22.1.